The van der Waals surface area contributed by atoms with Crippen LogP contribution >= 0.6 is 11.6 Å². The Morgan fingerprint density at radius 1 is 1.12 bits per heavy atom. The molecule has 1 aromatic heterocycles. The van der Waals surface area contributed by atoms with Gasteiger partial charge in [-0.3, -0.25) is 13.9 Å². The smallest absolute Gasteiger partial charge is 0.321 e. The predicted octanol–water partition coefficient (Wildman–Crippen LogP) is 3.08. The molecule has 1 amide bonds. The summed E-state index contributed by atoms with van der Waals surface area (Å²) in [6.45, 7) is 0. The minimum atomic E-state index is -0.517. The first kappa shape index (κ1) is 17.5. The van der Waals surface area contributed by atoms with E-state index in [9.17, 15) is 14.9 Å². The molecule has 1 heterocycles. The van der Waals surface area contributed by atoms with Gasteiger partial charge in [0, 0.05) is 24.8 Å². The predicted molar refractivity (Wildman–Crippen MR) is 102 cm³/mol. The Labute approximate surface area is 154 Å². The molecule has 0 fully saturated rings. The Hall–Kier alpha value is -3.30. The number of nitrogens with zero attached hydrogens (tertiary/aromatic N) is 3. The zero-order chi connectivity index (χ0) is 18.8. The molecule has 6 nitrogen and oxygen atoms in total. The van der Waals surface area contributed by atoms with Crippen LogP contribution in [0.2, 0.25) is 5.02 Å². The van der Waals surface area contributed by atoms with E-state index in [-0.39, 0.29) is 11.3 Å². The summed E-state index contributed by atoms with van der Waals surface area (Å²) in [5.74, 6) is -0.517. The highest BCUT2D eigenvalue weighted by Crippen LogP contribution is 2.18. The summed E-state index contributed by atoms with van der Waals surface area (Å²) in [6.07, 6.45) is 1.49. The number of fused-ring (bicyclic) bond motifs is 1. The summed E-state index contributed by atoms with van der Waals surface area (Å²) >= 11 is 5.82. The van der Waals surface area contributed by atoms with Crippen LogP contribution in [0.4, 0.5) is 5.69 Å². The third kappa shape index (κ3) is 3.25. The second kappa shape index (κ2) is 6.90. The van der Waals surface area contributed by atoms with Crippen LogP contribution in [0.25, 0.3) is 17.1 Å². The Bertz CT molecular complexity index is 1130. The van der Waals surface area contributed by atoms with Crippen molar-refractivity contribution in [3.05, 3.63) is 69.1 Å². The molecular formula is C19H15ClN4O2. The van der Waals surface area contributed by atoms with Crippen molar-refractivity contribution in [2.24, 2.45) is 14.1 Å². The number of carbonyl (C=O) groups excluding carboxylic acids is 1. The van der Waals surface area contributed by atoms with E-state index in [1.165, 1.54) is 10.6 Å². The average molecular weight is 367 g/mol. The van der Waals surface area contributed by atoms with E-state index in [1.54, 1.807) is 61.1 Å². The number of aromatic nitrogens is 2. The lowest BCUT2D eigenvalue weighted by Crippen LogP contribution is -2.19. The lowest BCUT2D eigenvalue weighted by atomic mass is 10.1. The molecule has 2 aromatic carbocycles. The van der Waals surface area contributed by atoms with Gasteiger partial charge in [0.2, 0.25) is 0 Å². The number of halogens is 1. The number of hydrogen-bond acceptors (Lipinski definition) is 3. The molecule has 0 aliphatic heterocycles. The molecule has 0 bridgehead atoms. The molecule has 0 spiro atoms. The summed E-state index contributed by atoms with van der Waals surface area (Å²) in [5.41, 5.74) is 2.52. The maximum absolute atomic E-state index is 12.3. The van der Waals surface area contributed by atoms with E-state index in [4.69, 9.17) is 11.6 Å². The van der Waals surface area contributed by atoms with E-state index in [1.807, 2.05) is 6.07 Å². The van der Waals surface area contributed by atoms with Gasteiger partial charge in [0.25, 0.3) is 5.91 Å². The number of nitrogens with one attached hydrogen (secondary N) is 1. The monoisotopic (exact) mass is 366 g/mol. The van der Waals surface area contributed by atoms with Crippen LogP contribution in [0.15, 0.2) is 52.8 Å². The Morgan fingerprint density at radius 2 is 1.77 bits per heavy atom. The number of aryl methyl sites for hydroxylation is 2. The first-order valence-corrected chi connectivity index (χ1v) is 8.12. The molecule has 0 radical (unpaired) electrons. The highest BCUT2D eigenvalue weighted by Gasteiger charge is 2.11. The molecule has 0 unspecified atom stereocenters. The van der Waals surface area contributed by atoms with Crippen molar-refractivity contribution < 1.29 is 4.79 Å². The van der Waals surface area contributed by atoms with Crippen molar-refractivity contribution in [2.75, 3.05) is 5.32 Å². The van der Waals surface area contributed by atoms with Crippen LogP contribution in [-0.4, -0.2) is 15.0 Å². The standard InChI is InChI=1S/C19H15ClN4O2/c1-23-16-8-3-12(10-17(16)24(2)19(23)26)9-13(11-21)18(25)22-15-6-4-14(20)5-7-15/h3-10H,1-2H3,(H,22,25)/b13-9+. The van der Waals surface area contributed by atoms with Crippen molar-refractivity contribution in [3.8, 4) is 6.07 Å². The minimum absolute atomic E-state index is 0.0415. The van der Waals surface area contributed by atoms with Gasteiger partial charge in [0.1, 0.15) is 11.6 Å². The SMILES string of the molecule is Cn1c(=O)n(C)c2cc(/C=C(\C#N)C(=O)Nc3ccc(Cl)cc3)ccc21. The second-order valence-electron chi connectivity index (χ2n) is 5.78. The van der Waals surface area contributed by atoms with Gasteiger partial charge in [0.15, 0.2) is 0 Å². The number of benzene rings is 2. The largest absolute Gasteiger partial charge is 0.328 e. The van der Waals surface area contributed by atoms with Crippen LogP contribution in [0.1, 0.15) is 5.56 Å². The van der Waals surface area contributed by atoms with Gasteiger partial charge in [-0.2, -0.15) is 5.26 Å². The van der Waals surface area contributed by atoms with Gasteiger partial charge >= 0.3 is 5.69 Å². The lowest BCUT2D eigenvalue weighted by molar-refractivity contribution is -0.112. The highest BCUT2D eigenvalue weighted by atomic mass is 35.5. The van der Waals surface area contributed by atoms with Crippen LogP contribution in [0.3, 0.4) is 0 Å². The molecular weight excluding hydrogens is 352 g/mol. The molecule has 0 atom stereocenters. The van der Waals surface area contributed by atoms with Gasteiger partial charge in [-0.15, -0.1) is 0 Å². The molecule has 130 valence electrons. The Kier molecular flexibility index (Phi) is 4.65. The molecule has 0 saturated carbocycles. The van der Waals surface area contributed by atoms with Crippen molar-refractivity contribution in [1.29, 1.82) is 5.26 Å². The molecule has 1 N–H and O–H groups in total. The van der Waals surface area contributed by atoms with E-state index < -0.39 is 5.91 Å². The normalized spacial score (nSPS) is 11.4. The zero-order valence-electron chi connectivity index (χ0n) is 14.2. The Balaban J connectivity index is 1.93. The molecule has 7 heteroatoms. The van der Waals surface area contributed by atoms with Crippen molar-refractivity contribution in [3.63, 3.8) is 0 Å². The maximum atomic E-state index is 12.3. The summed E-state index contributed by atoms with van der Waals surface area (Å²) in [7, 11) is 3.37. The number of anilines is 1. The molecule has 3 rings (SSSR count). The fourth-order valence-corrected chi connectivity index (χ4v) is 2.79. The Morgan fingerprint density at radius 3 is 2.42 bits per heavy atom. The van der Waals surface area contributed by atoms with Crippen LogP contribution in [0.5, 0.6) is 0 Å². The van der Waals surface area contributed by atoms with E-state index >= 15 is 0 Å². The summed E-state index contributed by atoms with van der Waals surface area (Å²) in [6, 6.07) is 13.8. The van der Waals surface area contributed by atoms with Crippen LogP contribution in [-0.2, 0) is 18.9 Å². The summed E-state index contributed by atoms with van der Waals surface area (Å²) < 4.78 is 3.06. The molecule has 3 aromatic rings. The van der Waals surface area contributed by atoms with Gasteiger partial charge in [-0.05, 0) is 48.0 Å². The number of amides is 1. The van der Waals surface area contributed by atoms with Crippen molar-refractivity contribution in [1.82, 2.24) is 9.13 Å². The first-order chi connectivity index (χ1) is 12.4. The number of nitriles is 1. The second-order valence-corrected chi connectivity index (χ2v) is 6.22. The lowest BCUT2D eigenvalue weighted by Gasteiger charge is -2.04. The quantitative estimate of drug-likeness (QED) is 0.571. The topological polar surface area (TPSA) is 79.8 Å². The number of imidazole rings is 1. The molecule has 0 aliphatic carbocycles. The number of rotatable bonds is 3. The third-order valence-electron chi connectivity index (χ3n) is 4.07. The van der Waals surface area contributed by atoms with Crippen LogP contribution < -0.4 is 11.0 Å². The number of hydrogen-bond donors (Lipinski definition) is 1. The highest BCUT2D eigenvalue weighted by molar-refractivity contribution is 6.30. The maximum Gasteiger partial charge on any atom is 0.328 e. The van der Waals surface area contributed by atoms with Crippen molar-refractivity contribution >= 4 is 40.3 Å². The summed E-state index contributed by atoms with van der Waals surface area (Å²) in [5, 5.41) is 12.5. The van der Waals surface area contributed by atoms with Gasteiger partial charge in [-0.1, -0.05) is 17.7 Å². The molecule has 0 saturated heterocycles. The van der Waals surface area contributed by atoms with Gasteiger partial charge in [0.05, 0.1) is 11.0 Å². The fraction of sp³-hybridized carbons (Fsp3) is 0.105. The van der Waals surface area contributed by atoms with Crippen molar-refractivity contribution in [2.45, 2.75) is 0 Å². The first-order valence-electron chi connectivity index (χ1n) is 7.75. The summed E-state index contributed by atoms with van der Waals surface area (Å²) in [4.78, 5) is 24.3. The number of carbonyl (C=O) groups is 1. The minimum Gasteiger partial charge on any atom is -0.321 e. The average Bonchev–Trinajstić information content (AvgIpc) is 2.85. The van der Waals surface area contributed by atoms with E-state index in [0.717, 1.165) is 11.0 Å². The van der Waals surface area contributed by atoms with E-state index in [2.05, 4.69) is 5.32 Å². The third-order valence-corrected chi connectivity index (χ3v) is 4.33. The molecule has 0 aliphatic rings. The molecule has 26 heavy (non-hydrogen) atoms. The van der Waals surface area contributed by atoms with Gasteiger partial charge in [-0.25, -0.2) is 4.79 Å². The zero-order valence-corrected chi connectivity index (χ0v) is 14.9. The fourth-order valence-electron chi connectivity index (χ4n) is 2.66. The van der Waals surface area contributed by atoms with E-state index in [0.29, 0.717) is 16.3 Å². The van der Waals surface area contributed by atoms with Crippen LogP contribution in [0, 0.1) is 11.3 Å². The van der Waals surface area contributed by atoms with Gasteiger partial charge < -0.3 is 5.32 Å².